The van der Waals surface area contributed by atoms with Gasteiger partial charge in [0.1, 0.15) is 0 Å². The van der Waals surface area contributed by atoms with E-state index in [1.807, 2.05) is 6.08 Å². The molecule has 1 nitrogen and oxygen atoms in total. The van der Waals surface area contributed by atoms with Crippen LogP contribution >= 0.6 is 0 Å². The molecule has 9 heavy (non-hydrogen) atoms. The number of rotatable bonds is 3. The van der Waals surface area contributed by atoms with Crippen molar-refractivity contribution in [1.82, 2.24) is 0 Å². The molecule has 0 bridgehead atoms. The quantitative estimate of drug-likeness (QED) is 0.571. The summed E-state index contributed by atoms with van der Waals surface area (Å²) in [6.07, 6.45) is 4.78. The lowest BCUT2D eigenvalue weighted by molar-refractivity contribution is 0.129. The molecule has 0 radical (unpaired) electrons. The molecule has 1 heteroatoms. The smallest absolute Gasteiger partial charge is 0.0655 e. The van der Waals surface area contributed by atoms with Crippen LogP contribution in [0.2, 0.25) is 0 Å². The Morgan fingerprint density at radius 2 is 2.33 bits per heavy atom. The van der Waals surface area contributed by atoms with Crippen molar-refractivity contribution >= 4 is 0 Å². The van der Waals surface area contributed by atoms with Gasteiger partial charge < -0.3 is 5.11 Å². The van der Waals surface area contributed by atoms with E-state index in [-0.39, 0.29) is 5.60 Å². The maximum absolute atomic E-state index is 9.38. The van der Waals surface area contributed by atoms with Gasteiger partial charge in [-0.3, -0.25) is 0 Å². The summed E-state index contributed by atoms with van der Waals surface area (Å²) in [5.41, 5.74) is -0.298. The van der Waals surface area contributed by atoms with Gasteiger partial charge in [-0.25, -0.2) is 0 Å². The van der Waals surface area contributed by atoms with E-state index in [4.69, 9.17) is 0 Å². The Labute approximate surface area is 56.4 Å². The molecule has 0 aromatic carbocycles. The molecule has 1 aliphatic rings. The van der Waals surface area contributed by atoms with Gasteiger partial charge in [0.05, 0.1) is 5.60 Å². The van der Waals surface area contributed by atoms with Crippen LogP contribution < -0.4 is 0 Å². The molecule has 0 aromatic heterocycles. The van der Waals surface area contributed by atoms with E-state index in [0.29, 0.717) is 5.92 Å². The largest absolute Gasteiger partial charge is 0.390 e. The van der Waals surface area contributed by atoms with Crippen LogP contribution in [-0.4, -0.2) is 10.7 Å². The third-order valence-electron chi connectivity index (χ3n) is 1.93. The van der Waals surface area contributed by atoms with Crippen LogP contribution in [0.15, 0.2) is 12.7 Å². The summed E-state index contributed by atoms with van der Waals surface area (Å²) in [7, 11) is 0. The van der Waals surface area contributed by atoms with Gasteiger partial charge in [-0.05, 0) is 25.2 Å². The Balaban J connectivity index is 2.24. The summed E-state index contributed by atoms with van der Waals surface area (Å²) >= 11 is 0. The Kier molecular flexibility index (Phi) is 1.62. The number of hydrogen-bond donors (Lipinski definition) is 1. The minimum atomic E-state index is -0.298. The third-order valence-corrected chi connectivity index (χ3v) is 1.93. The fourth-order valence-electron chi connectivity index (χ4n) is 1.03. The SMILES string of the molecule is C=CC(C)CC1(O)CC1. The summed E-state index contributed by atoms with van der Waals surface area (Å²) in [6, 6.07) is 0. The first kappa shape index (κ1) is 6.81. The highest BCUT2D eigenvalue weighted by molar-refractivity contribution is 4.96. The molecule has 1 atom stereocenters. The summed E-state index contributed by atoms with van der Waals surface area (Å²) in [5.74, 6) is 0.470. The fraction of sp³-hybridized carbons (Fsp3) is 0.750. The molecule has 52 valence electrons. The number of hydrogen-bond acceptors (Lipinski definition) is 1. The van der Waals surface area contributed by atoms with E-state index in [9.17, 15) is 5.11 Å². The zero-order valence-electron chi connectivity index (χ0n) is 5.93. The maximum atomic E-state index is 9.38. The van der Waals surface area contributed by atoms with Gasteiger partial charge in [0.25, 0.3) is 0 Å². The molecule has 0 spiro atoms. The van der Waals surface area contributed by atoms with Gasteiger partial charge in [-0.1, -0.05) is 13.0 Å². The van der Waals surface area contributed by atoms with E-state index < -0.39 is 0 Å². The molecular formula is C8H14O. The summed E-state index contributed by atoms with van der Waals surface area (Å²) < 4.78 is 0. The van der Waals surface area contributed by atoms with E-state index >= 15 is 0 Å². The van der Waals surface area contributed by atoms with Crippen molar-refractivity contribution in [3.05, 3.63) is 12.7 Å². The lowest BCUT2D eigenvalue weighted by Gasteiger charge is -2.09. The van der Waals surface area contributed by atoms with Crippen LogP contribution in [0.3, 0.4) is 0 Å². The van der Waals surface area contributed by atoms with E-state index in [1.54, 1.807) is 0 Å². The van der Waals surface area contributed by atoms with Crippen molar-refractivity contribution in [2.75, 3.05) is 0 Å². The standard InChI is InChI=1S/C8H14O/c1-3-7(2)6-8(9)4-5-8/h3,7,9H,1,4-6H2,2H3. The zero-order chi connectivity index (χ0) is 6.91. The highest BCUT2D eigenvalue weighted by Crippen LogP contribution is 2.40. The minimum Gasteiger partial charge on any atom is -0.390 e. The average Bonchev–Trinajstić information content (AvgIpc) is 2.48. The highest BCUT2D eigenvalue weighted by Gasteiger charge is 2.40. The highest BCUT2D eigenvalue weighted by atomic mass is 16.3. The van der Waals surface area contributed by atoms with Crippen LogP contribution in [0.25, 0.3) is 0 Å². The van der Waals surface area contributed by atoms with Crippen molar-refractivity contribution < 1.29 is 5.11 Å². The van der Waals surface area contributed by atoms with Crippen LogP contribution in [0, 0.1) is 5.92 Å². The van der Waals surface area contributed by atoms with Crippen LogP contribution in [0.1, 0.15) is 26.2 Å². The molecule has 0 amide bonds. The molecule has 1 aliphatic carbocycles. The summed E-state index contributed by atoms with van der Waals surface area (Å²) in [5, 5.41) is 9.38. The first-order valence-electron chi connectivity index (χ1n) is 3.51. The molecule has 0 aromatic rings. The number of allylic oxidation sites excluding steroid dienone is 1. The molecular weight excluding hydrogens is 112 g/mol. The second-order valence-corrected chi connectivity index (χ2v) is 3.14. The van der Waals surface area contributed by atoms with E-state index in [2.05, 4.69) is 13.5 Å². The van der Waals surface area contributed by atoms with Crippen LogP contribution in [-0.2, 0) is 0 Å². The molecule has 0 aliphatic heterocycles. The lowest BCUT2D eigenvalue weighted by atomic mass is 10.0. The Hall–Kier alpha value is -0.300. The topological polar surface area (TPSA) is 20.2 Å². The first-order chi connectivity index (χ1) is 4.16. The van der Waals surface area contributed by atoms with Crippen molar-refractivity contribution in [3.8, 4) is 0 Å². The minimum absolute atomic E-state index is 0.298. The number of aliphatic hydroxyl groups is 1. The van der Waals surface area contributed by atoms with Crippen LogP contribution in [0.5, 0.6) is 0 Å². The molecule has 0 saturated heterocycles. The molecule has 1 fully saturated rings. The lowest BCUT2D eigenvalue weighted by Crippen LogP contribution is -2.10. The molecule has 1 rings (SSSR count). The third kappa shape index (κ3) is 1.83. The van der Waals surface area contributed by atoms with Crippen LogP contribution in [0.4, 0.5) is 0 Å². The molecule has 1 unspecified atom stereocenters. The summed E-state index contributed by atoms with van der Waals surface area (Å²) in [4.78, 5) is 0. The normalized spacial score (nSPS) is 25.1. The van der Waals surface area contributed by atoms with Crippen molar-refractivity contribution in [2.24, 2.45) is 5.92 Å². The predicted octanol–water partition coefficient (Wildman–Crippen LogP) is 1.72. The molecule has 1 saturated carbocycles. The average molecular weight is 126 g/mol. The van der Waals surface area contributed by atoms with Gasteiger partial charge in [0, 0.05) is 0 Å². The second-order valence-electron chi connectivity index (χ2n) is 3.14. The molecule has 0 heterocycles. The monoisotopic (exact) mass is 126 g/mol. The van der Waals surface area contributed by atoms with E-state index in [0.717, 1.165) is 19.3 Å². The first-order valence-corrected chi connectivity index (χ1v) is 3.51. The Morgan fingerprint density at radius 3 is 2.67 bits per heavy atom. The fourth-order valence-corrected chi connectivity index (χ4v) is 1.03. The predicted molar refractivity (Wildman–Crippen MR) is 38.2 cm³/mol. The second kappa shape index (κ2) is 2.14. The Bertz CT molecular complexity index is 114. The van der Waals surface area contributed by atoms with Gasteiger partial charge in [-0.2, -0.15) is 0 Å². The van der Waals surface area contributed by atoms with Gasteiger partial charge >= 0.3 is 0 Å². The zero-order valence-corrected chi connectivity index (χ0v) is 5.93. The maximum Gasteiger partial charge on any atom is 0.0655 e. The van der Waals surface area contributed by atoms with Gasteiger partial charge in [0.15, 0.2) is 0 Å². The van der Waals surface area contributed by atoms with Gasteiger partial charge in [-0.15, -0.1) is 6.58 Å². The van der Waals surface area contributed by atoms with Crippen molar-refractivity contribution in [2.45, 2.75) is 31.8 Å². The van der Waals surface area contributed by atoms with Crippen molar-refractivity contribution in [3.63, 3.8) is 0 Å². The molecule has 1 N–H and O–H groups in total. The van der Waals surface area contributed by atoms with Gasteiger partial charge in [0.2, 0.25) is 0 Å². The van der Waals surface area contributed by atoms with Crippen molar-refractivity contribution in [1.29, 1.82) is 0 Å². The Morgan fingerprint density at radius 1 is 1.78 bits per heavy atom. The van der Waals surface area contributed by atoms with E-state index in [1.165, 1.54) is 0 Å². The summed E-state index contributed by atoms with van der Waals surface area (Å²) in [6.45, 7) is 5.75.